The zero-order valence-corrected chi connectivity index (χ0v) is 17.6. The van der Waals surface area contributed by atoms with Crippen LogP contribution < -0.4 is 10.6 Å². The fraction of sp³-hybridized carbons (Fsp3) is 0.160. The van der Waals surface area contributed by atoms with E-state index in [1.807, 2.05) is 56.3 Å². The van der Waals surface area contributed by atoms with Crippen molar-refractivity contribution in [1.82, 2.24) is 9.97 Å². The highest BCUT2D eigenvalue weighted by Crippen LogP contribution is 2.27. The maximum absolute atomic E-state index is 13.0. The number of hydrogen-bond acceptors (Lipinski definition) is 4. The zero-order valence-electron chi connectivity index (χ0n) is 17.6. The maximum atomic E-state index is 13.0. The Bertz CT molecular complexity index is 1240. The highest BCUT2D eigenvalue weighted by Gasteiger charge is 2.12. The number of anilines is 2. The Morgan fingerprint density at radius 1 is 0.935 bits per heavy atom. The molecule has 1 heterocycles. The summed E-state index contributed by atoms with van der Waals surface area (Å²) < 4.78 is 13.0. The van der Waals surface area contributed by atoms with Crippen LogP contribution in [0.15, 0.2) is 66.7 Å². The molecule has 0 aliphatic carbocycles. The predicted octanol–water partition coefficient (Wildman–Crippen LogP) is 5.81. The number of nitrogens with one attached hydrogen (secondary N) is 2. The highest BCUT2D eigenvalue weighted by atomic mass is 19.1. The molecule has 0 saturated heterocycles. The molecule has 0 fully saturated rings. The van der Waals surface area contributed by atoms with Crippen molar-refractivity contribution in [3.63, 3.8) is 0 Å². The molecule has 0 bridgehead atoms. The summed E-state index contributed by atoms with van der Waals surface area (Å²) in [7, 11) is 0. The van der Waals surface area contributed by atoms with Gasteiger partial charge >= 0.3 is 0 Å². The third-order valence-corrected chi connectivity index (χ3v) is 5.17. The fourth-order valence-electron chi connectivity index (χ4n) is 3.47. The first-order chi connectivity index (χ1) is 14.9. The van der Waals surface area contributed by atoms with E-state index < -0.39 is 0 Å². The van der Waals surface area contributed by atoms with Gasteiger partial charge in [0.05, 0.1) is 5.52 Å². The quantitative estimate of drug-likeness (QED) is 0.432. The van der Waals surface area contributed by atoms with E-state index in [0.29, 0.717) is 11.3 Å². The minimum absolute atomic E-state index is 0.000127. The summed E-state index contributed by atoms with van der Waals surface area (Å²) in [5.41, 5.74) is 4.19. The van der Waals surface area contributed by atoms with E-state index in [9.17, 15) is 9.18 Å². The van der Waals surface area contributed by atoms with Gasteiger partial charge in [-0.1, -0.05) is 24.3 Å². The van der Waals surface area contributed by atoms with Gasteiger partial charge in [0.1, 0.15) is 17.5 Å². The molecule has 156 valence electrons. The van der Waals surface area contributed by atoms with E-state index in [1.54, 1.807) is 0 Å². The van der Waals surface area contributed by atoms with Crippen LogP contribution in [0.25, 0.3) is 10.9 Å². The molecule has 31 heavy (non-hydrogen) atoms. The molecule has 6 heteroatoms. The molecule has 3 aromatic carbocycles. The van der Waals surface area contributed by atoms with E-state index in [2.05, 4.69) is 27.5 Å². The number of amides is 1. The topological polar surface area (TPSA) is 66.9 Å². The minimum Gasteiger partial charge on any atom is -0.363 e. The summed E-state index contributed by atoms with van der Waals surface area (Å²) in [6.45, 7) is 5.99. The van der Waals surface area contributed by atoms with Gasteiger partial charge in [0, 0.05) is 22.7 Å². The van der Waals surface area contributed by atoms with Gasteiger partial charge in [-0.05, 0) is 74.4 Å². The predicted molar refractivity (Wildman–Crippen MR) is 122 cm³/mol. The summed E-state index contributed by atoms with van der Waals surface area (Å²) in [6.07, 6.45) is 0. The van der Waals surface area contributed by atoms with Crippen LogP contribution in [0.2, 0.25) is 0 Å². The lowest BCUT2D eigenvalue weighted by atomic mass is 10.1. The van der Waals surface area contributed by atoms with Gasteiger partial charge in [-0.25, -0.2) is 14.4 Å². The van der Waals surface area contributed by atoms with Crippen LogP contribution in [0.1, 0.15) is 40.3 Å². The van der Waals surface area contributed by atoms with E-state index >= 15 is 0 Å². The molecule has 0 spiro atoms. The molecule has 0 aliphatic heterocycles. The highest BCUT2D eigenvalue weighted by molar-refractivity contribution is 6.04. The third kappa shape index (κ3) is 4.53. The Morgan fingerprint density at radius 3 is 2.35 bits per heavy atom. The van der Waals surface area contributed by atoms with Crippen molar-refractivity contribution >= 4 is 28.3 Å². The monoisotopic (exact) mass is 414 g/mol. The van der Waals surface area contributed by atoms with E-state index in [4.69, 9.17) is 0 Å². The van der Waals surface area contributed by atoms with Gasteiger partial charge in [0.15, 0.2) is 0 Å². The molecule has 0 radical (unpaired) electrons. The Hall–Kier alpha value is -3.80. The third-order valence-electron chi connectivity index (χ3n) is 5.17. The average Bonchev–Trinajstić information content (AvgIpc) is 2.75. The summed E-state index contributed by atoms with van der Waals surface area (Å²) in [5.74, 6) is 0.865. The minimum atomic E-state index is -0.371. The molecule has 1 amide bonds. The molecular weight excluding hydrogens is 391 g/mol. The Kier molecular flexibility index (Phi) is 5.62. The number of benzene rings is 3. The van der Waals surface area contributed by atoms with Gasteiger partial charge in [0.25, 0.3) is 5.91 Å². The molecule has 4 aromatic rings. The first-order valence-electron chi connectivity index (χ1n) is 10.1. The number of nitrogens with zero attached hydrogens (tertiary/aromatic N) is 2. The number of carbonyl (C=O) groups excluding carboxylic acids is 1. The standard InChI is InChI=1S/C25H23FN4O/c1-15-5-4-6-22-23(15)28-17(3)29-24(22)27-16(2)18-9-13-21(14-10-18)30-25(31)19-7-11-20(26)12-8-19/h4-14,16H,1-3H3,(H,30,31)(H,27,28,29)/t16-/m0/s1. The lowest BCUT2D eigenvalue weighted by molar-refractivity contribution is 0.102. The molecule has 0 saturated carbocycles. The smallest absolute Gasteiger partial charge is 0.255 e. The van der Waals surface area contributed by atoms with Gasteiger partial charge in [-0.2, -0.15) is 0 Å². The van der Waals surface area contributed by atoms with Crippen molar-refractivity contribution in [3.8, 4) is 0 Å². The number of para-hydroxylation sites is 1. The van der Waals surface area contributed by atoms with Crippen molar-refractivity contribution in [2.75, 3.05) is 10.6 Å². The number of hydrogen-bond donors (Lipinski definition) is 2. The van der Waals surface area contributed by atoms with Gasteiger partial charge in [-0.3, -0.25) is 4.79 Å². The zero-order chi connectivity index (χ0) is 22.0. The van der Waals surface area contributed by atoms with Crippen molar-refractivity contribution in [2.24, 2.45) is 0 Å². The van der Waals surface area contributed by atoms with Crippen molar-refractivity contribution < 1.29 is 9.18 Å². The number of carbonyl (C=O) groups is 1. The van der Waals surface area contributed by atoms with Gasteiger partial charge < -0.3 is 10.6 Å². The number of aryl methyl sites for hydroxylation is 2. The van der Waals surface area contributed by atoms with E-state index in [-0.39, 0.29) is 17.8 Å². The number of halogens is 1. The lowest BCUT2D eigenvalue weighted by Crippen LogP contribution is -2.12. The first kappa shape index (κ1) is 20.5. The summed E-state index contributed by atoms with van der Waals surface area (Å²) in [4.78, 5) is 21.5. The average molecular weight is 414 g/mol. The van der Waals surface area contributed by atoms with Gasteiger partial charge in [0.2, 0.25) is 0 Å². The van der Waals surface area contributed by atoms with Crippen LogP contribution >= 0.6 is 0 Å². The Balaban J connectivity index is 1.49. The summed E-state index contributed by atoms with van der Waals surface area (Å²) in [5, 5.41) is 7.30. The van der Waals surface area contributed by atoms with Crippen LogP contribution in [0, 0.1) is 19.7 Å². The molecule has 4 rings (SSSR count). The van der Waals surface area contributed by atoms with Crippen molar-refractivity contribution in [1.29, 1.82) is 0 Å². The van der Waals surface area contributed by atoms with E-state index in [1.165, 1.54) is 24.3 Å². The van der Waals surface area contributed by atoms with Crippen LogP contribution in [-0.4, -0.2) is 15.9 Å². The second-order valence-corrected chi connectivity index (χ2v) is 7.54. The Labute approximate surface area is 180 Å². The molecule has 0 unspecified atom stereocenters. The largest absolute Gasteiger partial charge is 0.363 e. The first-order valence-corrected chi connectivity index (χ1v) is 10.1. The van der Waals surface area contributed by atoms with Gasteiger partial charge in [-0.15, -0.1) is 0 Å². The number of rotatable bonds is 5. The van der Waals surface area contributed by atoms with E-state index in [0.717, 1.165) is 33.7 Å². The van der Waals surface area contributed by atoms with Crippen LogP contribution in [-0.2, 0) is 0 Å². The molecule has 0 aliphatic rings. The number of aromatic nitrogens is 2. The molecule has 5 nitrogen and oxygen atoms in total. The summed E-state index contributed by atoms with van der Waals surface area (Å²) in [6, 6.07) is 19.1. The molecular formula is C25H23FN4O. The second-order valence-electron chi connectivity index (χ2n) is 7.54. The van der Waals surface area contributed by atoms with Crippen LogP contribution in [0.3, 0.4) is 0 Å². The molecule has 1 aromatic heterocycles. The fourth-order valence-corrected chi connectivity index (χ4v) is 3.47. The van der Waals surface area contributed by atoms with Crippen molar-refractivity contribution in [2.45, 2.75) is 26.8 Å². The molecule has 1 atom stereocenters. The Morgan fingerprint density at radius 2 is 1.65 bits per heavy atom. The van der Waals surface area contributed by atoms with Crippen molar-refractivity contribution in [3.05, 3.63) is 95.1 Å². The normalized spacial score (nSPS) is 11.9. The summed E-state index contributed by atoms with van der Waals surface area (Å²) >= 11 is 0. The second kappa shape index (κ2) is 8.52. The molecule has 2 N–H and O–H groups in total. The van der Waals surface area contributed by atoms with Crippen LogP contribution in [0.5, 0.6) is 0 Å². The lowest BCUT2D eigenvalue weighted by Gasteiger charge is -2.18. The SMILES string of the molecule is Cc1nc(N[C@@H](C)c2ccc(NC(=O)c3ccc(F)cc3)cc2)c2cccc(C)c2n1. The van der Waals surface area contributed by atoms with Crippen LogP contribution in [0.4, 0.5) is 15.9 Å². The maximum Gasteiger partial charge on any atom is 0.255 e. The number of fused-ring (bicyclic) bond motifs is 1.